The first-order valence-electron chi connectivity index (χ1n) is 5.33. The van der Waals surface area contributed by atoms with Crippen molar-refractivity contribution in [2.45, 2.75) is 31.0 Å². The van der Waals surface area contributed by atoms with Crippen LogP contribution in [0.1, 0.15) is 6.92 Å². The van der Waals surface area contributed by atoms with Crippen molar-refractivity contribution < 1.29 is 30.1 Å². The summed E-state index contributed by atoms with van der Waals surface area (Å²) >= 11 is 0. The Labute approximate surface area is 108 Å². The highest BCUT2D eigenvalue weighted by Gasteiger charge is 2.52. The molecule has 1 heterocycles. The third kappa shape index (κ3) is 3.24. The number of aliphatic hydroxyl groups is 3. The number of rotatable bonds is 3. The summed E-state index contributed by atoms with van der Waals surface area (Å²) in [6, 6.07) is 0. The Morgan fingerprint density at radius 3 is 2.68 bits per heavy atom. The van der Waals surface area contributed by atoms with Crippen LogP contribution in [0.3, 0.4) is 0 Å². The Morgan fingerprint density at radius 2 is 2.26 bits per heavy atom. The van der Waals surface area contributed by atoms with E-state index in [2.05, 4.69) is 4.99 Å². The number of nitrogens with zero attached hydrogens (tertiary/aromatic N) is 1. The van der Waals surface area contributed by atoms with Gasteiger partial charge in [-0.15, -0.1) is 0 Å². The van der Waals surface area contributed by atoms with Gasteiger partial charge >= 0.3 is 0 Å². The third-order valence-electron chi connectivity index (χ3n) is 2.66. The van der Waals surface area contributed by atoms with E-state index in [4.69, 9.17) is 20.5 Å². The van der Waals surface area contributed by atoms with Crippen LogP contribution in [0.5, 0.6) is 0 Å². The van der Waals surface area contributed by atoms with Crippen LogP contribution in [0.15, 0.2) is 4.99 Å². The Bertz CT molecular complexity index is 385. The lowest BCUT2D eigenvalue weighted by molar-refractivity contribution is -0.113. The monoisotopic (exact) mass is 276 g/mol. The third-order valence-corrected chi connectivity index (χ3v) is 2.66. The van der Waals surface area contributed by atoms with Gasteiger partial charge in [-0.05, 0) is 6.92 Å². The molecule has 1 saturated heterocycles. The average molecular weight is 276 g/mol. The predicted octanol–water partition coefficient (Wildman–Crippen LogP) is -3.08. The number of carbonyl (C=O) groups excluding carboxylic acids is 1. The molecule has 1 rings (SSSR count). The van der Waals surface area contributed by atoms with Gasteiger partial charge in [-0.1, -0.05) is 0 Å². The molecule has 1 fully saturated rings. The zero-order valence-corrected chi connectivity index (χ0v) is 10.1. The average Bonchev–Trinajstić information content (AvgIpc) is 2.60. The maximum atomic E-state index is 10.9. The van der Waals surface area contributed by atoms with E-state index in [1.54, 1.807) is 5.48 Å². The highest BCUT2D eigenvalue weighted by molar-refractivity contribution is 6.28. The second-order valence-electron chi connectivity index (χ2n) is 4.10. The lowest BCUT2D eigenvalue weighted by Crippen LogP contribution is -2.47. The Balaban J connectivity index is 2.89. The number of ether oxygens (including phenoxy) is 1. The summed E-state index contributed by atoms with van der Waals surface area (Å²) < 4.78 is 5.09. The van der Waals surface area contributed by atoms with E-state index in [-0.39, 0.29) is 0 Å². The molecule has 19 heavy (non-hydrogen) atoms. The van der Waals surface area contributed by atoms with Crippen molar-refractivity contribution in [1.29, 1.82) is 5.41 Å². The highest BCUT2D eigenvalue weighted by Crippen LogP contribution is 2.31. The topological polar surface area (TPSA) is 167 Å². The SMILES string of the molecule is C[C@]1(O)[C@H](N=C(NO)NC(=O)C=N)O[C@H](CO)[C@H]1O. The molecule has 10 heteroatoms. The number of aliphatic hydroxyl groups excluding tert-OH is 2. The first-order valence-corrected chi connectivity index (χ1v) is 5.33. The molecule has 0 aromatic carbocycles. The molecule has 0 bridgehead atoms. The molecule has 0 aromatic heterocycles. The summed E-state index contributed by atoms with van der Waals surface area (Å²) in [5.41, 5.74) is -0.255. The minimum Gasteiger partial charge on any atom is -0.394 e. The van der Waals surface area contributed by atoms with Crippen LogP contribution in [0.25, 0.3) is 0 Å². The fourth-order valence-electron chi connectivity index (χ4n) is 1.56. The Hall–Kier alpha value is -1.59. The van der Waals surface area contributed by atoms with Crippen LogP contribution in [0.2, 0.25) is 0 Å². The van der Waals surface area contributed by atoms with Gasteiger partial charge in [-0.2, -0.15) is 0 Å². The van der Waals surface area contributed by atoms with Crippen molar-refractivity contribution in [1.82, 2.24) is 10.8 Å². The second-order valence-corrected chi connectivity index (χ2v) is 4.10. The molecule has 10 nitrogen and oxygen atoms in total. The number of hydrogen-bond donors (Lipinski definition) is 7. The molecule has 0 unspecified atom stereocenters. The minimum atomic E-state index is -1.81. The summed E-state index contributed by atoms with van der Waals surface area (Å²) in [4.78, 5) is 14.6. The van der Waals surface area contributed by atoms with Crippen LogP contribution in [-0.2, 0) is 9.53 Å². The lowest BCUT2D eigenvalue weighted by Gasteiger charge is -2.24. The molecular weight excluding hydrogens is 260 g/mol. The van der Waals surface area contributed by atoms with Crippen LogP contribution < -0.4 is 10.8 Å². The van der Waals surface area contributed by atoms with Crippen molar-refractivity contribution in [2.75, 3.05) is 6.61 Å². The lowest BCUT2D eigenvalue weighted by atomic mass is 9.97. The molecule has 0 saturated carbocycles. The predicted molar refractivity (Wildman–Crippen MR) is 61.7 cm³/mol. The van der Waals surface area contributed by atoms with Gasteiger partial charge in [0, 0.05) is 0 Å². The van der Waals surface area contributed by atoms with Crippen LogP contribution in [0.4, 0.5) is 0 Å². The number of carbonyl (C=O) groups is 1. The fraction of sp³-hybridized carbons (Fsp3) is 0.667. The van der Waals surface area contributed by atoms with Crippen LogP contribution in [-0.4, -0.2) is 69.3 Å². The Kier molecular flexibility index (Phi) is 4.91. The van der Waals surface area contributed by atoms with E-state index in [0.29, 0.717) is 6.21 Å². The van der Waals surface area contributed by atoms with E-state index in [9.17, 15) is 15.0 Å². The normalized spacial score (nSPS) is 35.0. The number of nitrogens with one attached hydrogen (secondary N) is 3. The number of hydrogen-bond acceptors (Lipinski definition) is 8. The maximum absolute atomic E-state index is 10.9. The van der Waals surface area contributed by atoms with Crippen molar-refractivity contribution >= 4 is 18.1 Å². The number of aliphatic imine (C=N–C) groups is 1. The molecule has 0 aliphatic carbocycles. The molecule has 0 spiro atoms. The summed E-state index contributed by atoms with van der Waals surface area (Å²) in [6.07, 6.45) is -3.29. The zero-order chi connectivity index (χ0) is 14.6. The van der Waals surface area contributed by atoms with Crippen molar-refractivity contribution in [2.24, 2.45) is 4.99 Å². The first kappa shape index (κ1) is 15.5. The van der Waals surface area contributed by atoms with Crippen molar-refractivity contribution in [3.63, 3.8) is 0 Å². The molecule has 1 aliphatic heterocycles. The summed E-state index contributed by atoms with van der Waals surface area (Å²) in [6.45, 7) is 0.701. The largest absolute Gasteiger partial charge is 0.394 e. The standard InChI is InChI=1S/C9H16N4O6/c1-9(17)6(16)4(3-14)19-7(9)12-8(13-18)11-5(15)2-10/h2,4,6-7,10,14,16-18H,3H2,1H3,(H2,11,12,13,15)/t4-,6-,7-,9-/m1/s1. The number of amides is 1. The zero-order valence-electron chi connectivity index (χ0n) is 10.1. The van der Waals surface area contributed by atoms with Crippen LogP contribution >= 0.6 is 0 Å². The number of hydroxylamine groups is 1. The van der Waals surface area contributed by atoms with Gasteiger partial charge < -0.3 is 25.5 Å². The molecular formula is C9H16N4O6. The molecule has 7 N–H and O–H groups in total. The van der Waals surface area contributed by atoms with Gasteiger partial charge in [0.2, 0.25) is 5.96 Å². The number of guanidine groups is 1. The fourth-order valence-corrected chi connectivity index (χ4v) is 1.56. The van der Waals surface area contributed by atoms with Gasteiger partial charge in [0.05, 0.1) is 12.8 Å². The van der Waals surface area contributed by atoms with Gasteiger partial charge in [0.15, 0.2) is 6.23 Å². The molecule has 108 valence electrons. The van der Waals surface area contributed by atoms with E-state index < -0.39 is 42.5 Å². The maximum Gasteiger partial charge on any atom is 0.268 e. The first-order chi connectivity index (χ1) is 8.86. The van der Waals surface area contributed by atoms with E-state index >= 15 is 0 Å². The van der Waals surface area contributed by atoms with Gasteiger partial charge in [-0.3, -0.25) is 15.3 Å². The van der Waals surface area contributed by atoms with Crippen LogP contribution in [0, 0.1) is 5.41 Å². The van der Waals surface area contributed by atoms with E-state index in [1.165, 1.54) is 6.92 Å². The highest BCUT2D eigenvalue weighted by atomic mass is 16.6. The summed E-state index contributed by atoms with van der Waals surface area (Å²) in [5, 5.41) is 46.1. The van der Waals surface area contributed by atoms with Gasteiger partial charge in [0.25, 0.3) is 5.91 Å². The summed E-state index contributed by atoms with van der Waals surface area (Å²) in [7, 11) is 0. The second kappa shape index (κ2) is 6.04. The molecule has 1 aliphatic rings. The van der Waals surface area contributed by atoms with E-state index in [1.807, 2.05) is 5.32 Å². The van der Waals surface area contributed by atoms with Gasteiger partial charge in [-0.25, -0.2) is 10.5 Å². The van der Waals surface area contributed by atoms with Crippen molar-refractivity contribution in [3.05, 3.63) is 0 Å². The summed E-state index contributed by atoms with van der Waals surface area (Å²) in [5.74, 6) is -1.33. The molecule has 0 radical (unpaired) electrons. The van der Waals surface area contributed by atoms with Crippen molar-refractivity contribution in [3.8, 4) is 0 Å². The molecule has 4 atom stereocenters. The minimum absolute atomic E-state index is 0.450. The molecule has 1 amide bonds. The smallest absolute Gasteiger partial charge is 0.268 e. The van der Waals surface area contributed by atoms with Gasteiger partial charge in [0.1, 0.15) is 17.8 Å². The quantitative estimate of drug-likeness (QED) is 0.163. The molecule has 0 aromatic rings. The van der Waals surface area contributed by atoms with E-state index in [0.717, 1.165) is 0 Å². The Morgan fingerprint density at radius 1 is 1.63 bits per heavy atom.